The lowest BCUT2D eigenvalue weighted by atomic mass is 10.0. The van der Waals surface area contributed by atoms with E-state index in [1.54, 1.807) is 24.4 Å². The van der Waals surface area contributed by atoms with Crippen molar-refractivity contribution in [1.82, 2.24) is 20.3 Å². The standard InChI is InChI=1S/C28H38FN7O3S/c1-19-15-20-3-2-12-31-24-6-4-21(16-33-24)40(38)35-27(37)22-5-7-25(34-26(22)36(19)17-20)32-13-8-23(30)39-14-11-28(18-29)9-10-28/h4-8,13,19-20,30-31,33H,2-3,9-12,14-18H2,1H3,(H,32,34)(H,35,37)/b13-8-,30-23?/t19?,20?,40-/m0/s1. The molecule has 3 atom stereocenters. The number of alkyl halides is 1. The number of anilines is 2. The number of dihydropyridines is 1. The number of halogens is 1. The van der Waals surface area contributed by atoms with E-state index in [9.17, 15) is 13.7 Å². The highest BCUT2D eigenvalue weighted by Crippen LogP contribution is 2.49. The number of hydrogen-bond acceptors (Lipinski definition) is 9. The van der Waals surface area contributed by atoms with Gasteiger partial charge in [0.25, 0.3) is 5.91 Å². The first-order chi connectivity index (χ1) is 19.4. The maximum atomic E-state index is 13.3. The van der Waals surface area contributed by atoms with Gasteiger partial charge in [0.05, 0.1) is 31.2 Å². The highest BCUT2D eigenvalue weighted by Gasteiger charge is 2.42. The zero-order valence-electron chi connectivity index (χ0n) is 22.8. The Morgan fingerprint density at radius 2 is 2.23 bits per heavy atom. The normalized spacial score (nSPS) is 25.7. The van der Waals surface area contributed by atoms with Crippen molar-refractivity contribution in [2.75, 3.05) is 43.1 Å². The van der Waals surface area contributed by atoms with Crippen molar-refractivity contribution in [3.8, 4) is 0 Å². The summed E-state index contributed by atoms with van der Waals surface area (Å²) in [5.74, 6) is 1.95. The van der Waals surface area contributed by atoms with E-state index in [0.29, 0.717) is 47.6 Å². The summed E-state index contributed by atoms with van der Waals surface area (Å²) < 4.78 is 34.0. The molecule has 0 aromatic carbocycles. The molecule has 4 aliphatic heterocycles. The Morgan fingerprint density at radius 3 is 2.98 bits per heavy atom. The lowest BCUT2D eigenvalue weighted by molar-refractivity contribution is 0.0981. The van der Waals surface area contributed by atoms with Crippen molar-refractivity contribution in [2.24, 2.45) is 11.3 Å². The predicted molar refractivity (Wildman–Crippen MR) is 155 cm³/mol. The molecule has 0 spiro atoms. The van der Waals surface area contributed by atoms with E-state index >= 15 is 0 Å². The minimum Gasteiger partial charge on any atom is -0.588 e. The van der Waals surface area contributed by atoms with Crippen molar-refractivity contribution < 1.29 is 18.5 Å². The molecule has 1 aromatic rings. The van der Waals surface area contributed by atoms with Crippen LogP contribution in [0.4, 0.5) is 16.0 Å². The highest BCUT2D eigenvalue weighted by atomic mass is 32.2. The number of allylic oxidation sites excluding steroid dienone is 2. The predicted octanol–water partition coefficient (Wildman–Crippen LogP) is 3.46. The van der Waals surface area contributed by atoms with E-state index in [1.165, 1.54) is 6.08 Å². The molecule has 1 aromatic heterocycles. The van der Waals surface area contributed by atoms with Crippen molar-refractivity contribution >= 4 is 34.8 Å². The highest BCUT2D eigenvalue weighted by molar-refractivity contribution is 7.94. The molecule has 1 aliphatic carbocycles. The molecule has 12 heteroatoms. The summed E-state index contributed by atoms with van der Waals surface area (Å²) in [5.41, 5.74) is 0.134. The van der Waals surface area contributed by atoms with Gasteiger partial charge in [-0.05, 0) is 75.7 Å². The van der Waals surface area contributed by atoms with E-state index in [1.807, 2.05) is 6.08 Å². The van der Waals surface area contributed by atoms with Gasteiger partial charge in [0.2, 0.25) is 5.90 Å². The van der Waals surface area contributed by atoms with Crippen LogP contribution in [0.3, 0.4) is 0 Å². The first kappa shape index (κ1) is 28.3. The van der Waals surface area contributed by atoms with Gasteiger partial charge in [0.1, 0.15) is 23.0 Å². The second-order valence-electron chi connectivity index (χ2n) is 11.1. The molecule has 1 saturated heterocycles. The zero-order valence-corrected chi connectivity index (χ0v) is 23.6. The number of aromatic nitrogens is 1. The number of hydrogen-bond donors (Lipinski definition) is 5. The molecule has 2 fully saturated rings. The molecule has 0 radical (unpaired) electrons. The lowest BCUT2D eigenvalue weighted by Gasteiger charge is -2.26. The Kier molecular flexibility index (Phi) is 8.84. The summed E-state index contributed by atoms with van der Waals surface area (Å²) >= 11 is -1.69. The third-order valence-electron chi connectivity index (χ3n) is 8.07. The number of rotatable bonds is 7. The van der Waals surface area contributed by atoms with Gasteiger partial charge in [-0.2, -0.15) is 4.72 Å². The van der Waals surface area contributed by atoms with Crippen LogP contribution in [-0.2, 0) is 16.1 Å². The number of nitrogens with one attached hydrogen (secondary N) is 5. The third kappa shape index (κ3) is 6.90. The number of carbonyl (C=O) groups is 1. The zero-order chi connectivity index (χ0) is 28.1. The number of ether oxygens (including phenoxy) is 1. The molecule has 5 heterocycles. The first-order valence-corrected chi connectivity index (χ1v) is 15.1. The van der Waals surface area contributed by atoms with E-state index < -0.39 is 17.3 Å². The van der Waals surface area contributed by atoms with E-state index in [4.69, 9.17) is 15.1 Å². The van der Waals surface area contributed by atoms with Gasteiger partial charge in [-0.1, -0.05) is 0 Å². The second-order valence-corrected chi connectivity index (χ2v) is 12.3. The molecule has 40 heavy (non-hydrogen) atoms. The molecular weight excluding hydrogens is 533 g/mol. The number of carbonyl (C=O) groups excluding carboxylic acids is 1. The fourth-order valence-electron chi connectivity index (χ4n) is 5.37. The molecule has 1 amide bonds. The topological polar surface area (TPSA) is 137 Å². The van der Waals surface area contributed by atoms with Gasteiger partial charge in [-0.15, -0.1) is 0 Å². The third-order valence-corrected chi connectivity index (χ3v) is 9.19. The Morgan fingerprint density at radius 1 is 1.38 bits per heavy atom. The van der Waals surface area contributed by atoms with Crippen LogP contribution in [-0.4, -0.2) is 60.3 Å². The minimum atomic E-state index is -1.69. The summed E-state index contributed by atoms with van der Waals surface area (Å²) in [7, 11) is 0. The minimum absolute atomic E-state index is 0.0204. The Balaban J connectivity index is 1.30. The van der Waals surface area contributed by atoms with Gasteiger partial charge >= 0.3 is 0 Å². The molecule has 4 bridgehead atoms. The van der Waals surface area contributed by atoms with Gasteiger partial charge in [0, 0.05) is 36.8 Å². The number of fused-ring (bicyclic) bond motifs is 7. The average molecular weight is 572 g/mol. The van der Waals surface area contributed by atoms with Gasteiger partial charge in [0.15, 0.2) is 4.91 Å². The van der Waals surface area contributed by atoms with Gasteiger partial charge < -0.3 is 30.1 Å². The van der Waals surface area contributed by atoms with E-state index in [0.717, 1.165) is 51.0 Å². The van der Waals surface area contributed by atoms with Crippen LogP contribution in [0, 0.1) is 16.7 Å². The largest absolute Gasteiger partial charge is 0.588 e. The fraction of sp³-hybridized carbons (Fsp3) is 0.536. The SMILES string of the molecule is CC1CC2CCCNC3=CC=C(CN3)[S@+]([O-])NC(=O)c3ccc(N/C=C\C(=N)OCCC4(CF)CC4)nc3N1C2. The average Bonchev–Trinajstić information content (AvgIpc) is 3.64. The number of amides is 1. The lowest BCUT2D eigenvalue weighted by Crippen LogP contribution is -2.39. The molecular formula is C28H38FN7O3S. The van der Waals surface area contributed by atoms with Crippen LogP contribution in [0.25, 0.3) is 0 Å². The van der Waals surface area contributed by atoms with E-state index in [-0.39, 0.29) is 24.0 Å². The Labute approximate surface area is 237 Å². The van der Waals surface area contributed by atoms with Crippen LogP contribution < -0.4 is 25.6 Å². The number of pyridine rings is 1. The van der Waals surface area contributed by atoms with Crippen molar-refractivity contribution in [3.05, 3.63) is 52.9 Å². The van der Waals surface area contributed by atoms with Crippen molar-refractivity contribution in [1.29, 1.82) is 5.41 Å². The maximum absolute atomic E-state index is 13.3. The molecule has 10 nitrogen and oxygen atoms in total. The van der Waals surface area contributed by atoms with Crippen LogP contribution >= 0.6 is 0 Å². The molecule has 6 rings (SSSR count). The Hall–Kier alpha value is -3.25. The molecule has 2 unspecified atom stereocenters. The van der Waals surface area contributed by atoms with Gasteiger partial charge in [-0.3, -0.25) is 14.6 Å². The quantitative estimate of drug-likeness (QED) is 0.191. The van der Waals surface area contributed by atoms with Crippen LogP contribution in [0.2, 0.25) is 0 Å². The number of nitrogens with zero attached hydrogens (tertiary/aromatic N) is 2. The van der Waals surface area contributed by atoms with Gasteiger partial charge in [-0.25, -0.2) is 4.98 Å². The summed E-state index contributed by atoms with van der Waals surface area (Å²) in [6.45, 7) is 4.13. The van der Waals surface area contributed by atoms with Crippen LogP contribution in [0.5, 0.6) is 0 Å². The Bertz CT molecular complexity index is 1200. The second kappa shape index (κ2) is 12.5. The first-order valence-electron chi connectivity index (χ1n) is 14.0. The van der Waals surface area contributed by atoms with Crippen molar-refractivity contribution in [3.63, 3.8) is 0 Å². The molecule has 216 valence electrons. The van der Waals surface area contributed by atoms with E-state index in [2.05, 4.69) is 32.5 Å². The van der Waals surface area contributed by atoms with Crippen molar-refractivity contribution in [2.45, 2.75) is 51.5 Å². The summed E-state index contributed by atoms with van der Waals surface area (Å²) in [4.78, 5) is 20.9. The summed E-state index contributed by atoms with van der Waals surface area (Å²) in [6.07, 6.45) is 12.1. The molecule has 5 N–H and O–H groups in total. The maximum Gasteiger partial charge on any atom is 0.296 e. The molecule has 1 saturated carbocycles. The smallest absolute Gasteiger partial charge is 0.296 e. The summed E-state index contributed by atoms with van der Waals surface area (Å²) in [5, 5.41) is 17.7. The fourth-order valence-corrected chi connectivity index (χ4v) is 6.18. The summed E-state index contributed by atoms with van der Waals surface area (Å²) in [6, 6.07) is 3.57. The monoisotopic (exact) mass is 571 g/mol. The molecule has 5 aliphatic rings. The van der Waals surface area contributed by atoms with Crippen LogP contribution in [0.15, 0.2) is 47.3 Å². The van der Waals surface area contributed by atoms with Crippen LogP contribution in [0.1, 0.15) is 55.8 Å².